The van der Waals surface area contributed by atoms with Gasteiger partial charge in [0.15, 0.2) is 0 Å². The molecule has 1 atom stereocenters. The van der Waals surface area contributed by atoms with Crippen LogP contribution in [0.3, 0.4) is 0 Å². The van der Waals surface area contributed by atoms with Gasteiger partial charge in [0, 0.05) is 5.33 Å². The Hall–Kier alpha value is -0.0500. The predicted molar refractivity (Wildman–Crippen MR) is 81.4 cm³/mol. The molecule has 0 fully saturated rings. The lowest BCUT2D eigenvalue weighted by Gasteiger charge is -2.11. The van der Waals surface area contributed by atoms with E-state index in [0.717, 1.165) is 37.4 Å². The van der Waals surface area contributed by atoms with Crippen LogP contribution in [0, 0.1) is 5.92 Å². The Bertz CT molecular complexity index is 195. The Morgan fingerprint density at radius 3 is 1.94 bits per heavy atom. The van der Waals surface area contributed by atoms with E-state index in [4.69, 9.17) is 5.11 Å². The number of alkyl halides is 1. The lowest BCUT2D eigenvalue weighted by atomic mass is 9.95. The van der Waals surface area contributed by atoms with Gasteiger partial charge >= 0.3 is 5.97 Å². The molecule has 0 aromatic rings. The zero-order valence-electron chi connectivity index (χ0n) is 11.8. The summed E-state index contributed by atoms with van der Waals surface area (Å²) in [7, 11) is 0. The minimum Gasteiger partial charge on any atom is -0.481 e. The number of hydrogen-bond acceptors (Lipinski definition) is 1. The maximum Gasteiger partial charge on any atom is 0.306 e. The van der Waals surface area contributed by atoms with Gasteiger partial charge in [-0.2, -0.15) is 0 Å². The highest BCUT2D eigenvalue weighted by molar-refractivity contribution is 9.09. The number of carboxylic acids is 1. The molecule has 0 amide bonds. The summed E-state index contributed by atoms with van der Waals surface area (Å²) in [5.41, 5.74) is 0. The topological polar surface area (TPSA) is 37.3 Å². The fourth-order valence-corrected chi connectivity index (χ4v) is 2.61. The first-order valence-electron chi connectivity index (χ1n) is 7.51. The van der Waals surface area contributed by atoms with Crippen molar-refractivity contribution in [3.8, 4) is 0 Å². The molecule has 0 aliphatic rings. The molecule has 0 saturated heterocycles. The molecule has 0 spiro atoms. The average Bonchev–Trinajstić information content (AvgIpc) is 2.35. The quantitative estimate of drug-likeness (QED) is 0.364. The lowest BCUT2D eigenvalue weighted by Crippen LogP contribution is -2.13. The van der Waals surface area contributed by atoms with Gasteiger partial charge in [-0.15, -0.1) is 0 Å². The van der Waals surface area contributed by atoms with E-state index in [-0.39, 0.29) is 5.92 Å². The van der Waals surface area contributed by atoms with Gasteiger partial charge in [-0.25, -0.2) is 0 Å². The molecule has 18 heavy (non-hydrogen) atoms. The second-order valence-electron chi connectivity index (χ2n) is 5.13. The van der Waals surface area contributed by atoms with E-state index < -0.39 is 5.97 Å². The monoisotopic (exact) mass is 320 g/mol. The lowest BCUT2D eigenvalue weighted by molar-refractivity contribution is -0.142. The van der Waals surface area contributed by atoms with Gasteiger partial charge in [0.05, 0.1) is 5.92 Å². The molecule has 0 saturated carbocycles. The second-order valence-corrected chi connectivity index (χ2v) is 5.92. The number of halogens is 1. The summed E-state index contributed by atoms with van der Waals surface area (Å²) in [4.78, 5) is 11.0. The number of aliphatic carboxylic acids is 1. The highest BCUT2D eigenvalue weighted by atomic mass is 79.9. The highest BCUT2D eigenvalue weighted by Crippen LogP contribution is 2.18. The third-order valence-corrected chi connectivity index (χ3v) is 4.00. The van der Waals surface area contributed by atoms with Crippen molar-refractivity contribution in [2.45, 2.75) is 77.6 Å². The van der Waals surface area contributed by atoms with Crippen LogP contribution in [0.2, 0.25) is 0 Å². The van der Waals surface area contributed by atoms with Gasteiger partial charge in [-0.3, -0.25) is 4.79 Å². The van der Waals surface area contributed by atoms with Crippen molar-refractivity contribution in [3.05, 3.63) is 0 Å². The zero-order valence-corrected chi connectivity index (χ0v) is 13.4. The van der Waals surface area contributed by atoms with Gasteiger partial charge in [0.1, 0.15) is 0 Å². The molecule has 0 aromatic carbocycles. The molecule has 2 nitrogen and oxygen atoms in total. The standard InChI is InChI=1S/C15H29BrO2/c1-2-3-11-14(15(17)18)12-9-7-5-4-6-8-10-13-16/h14H,2-13H2,1H3,(H,17,18). The number of rotatable bonds is 13. The molecule has 1 N–H and O–H groups in total. The maximum absolute atomic E-state index is 11.0. The summed E-state index contributed by atoms with van der Waals surface area (Å²) in [6.45, 7) is 2.12. The minimum atomic E-state index is -0.597. The van der Waals surface area contributed by atoms with Crippen LogP contribution in [0.4, 0.5) is 0 Å². The van der Waals surface area contributed by atoms with Crippen molar-refractivity contribution in [2.24, 2.45) is 5.92 Å². The average molecular weight is 321 g/mol. The van der Waals surface area contributed by atoms with E-state index in [1.807, 2.05) is 0 Å². The van der Waals surface area contributed by atoms with Gasteiger partial charge in [0.2, 0.25) is 0 Å². The number of carboxylic acid groups (broad SMARTS) is 1. The van der Waals surface area contributed by atoms with E-state index in [0.29, 0.717) is 0 Å². The fraction of sp³-hybridized carbons (Fsp3) is 0.933. The summed E-state index contributed by atoms with van der Waals surface area (Å²) in [5, 5.41) is 10.2. The van der Waals surface area contributed by atoms with Crippen LogP contribution in [0.25, 0.3) is 0 Å². The van der Waals surface area contributed by atoms with Crippen molar-refractivity contribution in [3.63, 3.8) is 0 Å². The van der Waals surface area contributed by atoms with Crippen molar-refractivity contribution in [2.75, 3.05) is 5.33 Å². The Kier molecular flexibility index (Phi) is 13.3. The van der Waals surface area contributed by atoms with Crippen molar-refractivity contribution in [1.82, 2.24) is 0 Å². The number of carbonyl (C=O) groups is 1. The van der Waals surface area contributed by atoms with Gasteiger partial charge in [-0.1, -0.05) is 74.2 Å². The van der Waals surface area contributed by atoms with Gasteiger partial charge in [-0.05, 0) is 19.3 Å². The Balaban J connectivity index is 3.40. The summed E-state index contributed by atoms with van der Waals surface area (Å²) in [6.07, 6.45) is 12.6. The van der Waals surface area contributed by atoms with E-state index in [1.165, 1.54) is 38.5 Å². The van der Waals surface area contributed by atoms with E-state index in [2.05, 4.69) is 22.9 Å². The molecule has 1 unspecified atom stereocenters. The molecular weight excluding hydrogens is 292 g/mol. The smallest absolute Gasteiger partial charge is 0.306 e. The molecule has 0 heterocycles. The van der Waals surface area contributed by atoms with Crippen LogP contribution in [0.15, 0.2) is 0 Å². The summed E-state index contributed by atoms with van der Waals surface area (Å²) in [6, 6.07) is 0. The van der Waals surface area contributed by atoms with Gasteiger partial charge in [0.25, 0.3) is 0 Å². The van der Waals surface area contributed by atoms with Crippen LogP contribution in [-0.4, -0.2) is 16.4 Å². The fourth-order valence-electron chi connectivity index (χ4n) is 2.21. The predicted octanol–water partition coefficient (Wildman–Crippen LogP) is 5.39. The molecule has 0 aliphatic heterocycles. The summed E-state index contributed by atoms with van der Waals surface area (Å²) >= 11 is 3.44. The molecule has 0 aromatic heterocycles. The van der Waals surface area contributed by atoms with Crippen molar-refractivity contribution < 1.29 is 9.90 Å². The molecule has 0 rings (SSSR count). The molecular formula is C15H29BrO2. The first-order valence-corrected chi connectivity index (χ1v) is 8.63. The number of hydrogen-bond donors (Lipinski definition) is 1. The van der Waals surface area contributed by atoms with Crippen molar-refractivity contribution in [1.29, 1.82) is 0 Å². The third kappa shape index (κ3) is 11.1. The first-order chi connectivity index (χ1) is 8.72. The zero-order chi connectivity index (χ0) is 13.6. The molecule has 0 radical (unpaired) electrons. The number of unbranched alkanes of at least 4 members (excludes halogenated alkanes) is 7. The van der Waals surface area contributed by atoms with E-state index in [1.54, 1.807) is 0 Å². The molecule has 0 bridgehead atoms. The van der Waals surface area contributed by atoms with E-state index in [9.17, 15) is 4.79 Å². The Morgan fingerprint density at radius 1 is 0.944 bits per heavy atom. The second kappa shape index (κ2) is 13.4. The largest absolute Gasteiger partial charge is 0.481 e. The molecule has 0 aliphatic carbocycles. The first kappa shape index (κ1) is 17.9. The minimum absolute atomic E-state index is 0.0988. The third-order valence-electron chi connectivity index (χ3n) is 3.44. The summed E-state index contributed by atoms with van der Waals surface area (Å²) in [5.74, 6) is -0.695. The van der Waals surface area contributed by atoms with Crippen LogP contribution in [0.5, 0.6) is 0 Å². The van der Waals surface area contributed by atoms with Crippen LogP contribution >= 0.6 is 15.9 Å². The molecule has 3 heteroatoms. The van der Waals surface area contributed by atoms with Gasteiger partial charge < -0.3 is 5.11 Å². The Labute approximate surface area is 121 Å². The molecule has 108 valence electrons. The van der Waals surface area contributed by atoms with Crippen LogP contribution < -0.4 is 0 Å². The van der Waals surface area contributed by atoms with Crippen LogP contribution in [-0.2, 0) is 4.79 Å². The normalized spacial score (nSPS) is 12.6. The van der Waals surface area contributed by atoms with Crippen molar-refractivity contribution >= 4 is 21.9 Å². The van der Waals surface area contributed by atoms with E-state index >= 15 is 0 Å². The maximum atomic E-state index is 11.0. The van der Waals surface area contributed by atoms with Crippen LogP contribution in [0.1, 0.15) is 77.6 Å². The highest BCUT2D eigenvalue weighted by Gasteiger charge is 2.15. The SMILES string of the molecule is CCCCC(CCCCCCCCCBr)C(=O)O. The Morgan fingerprint density at radius 2 is 1.44 bits per heavy atom. The summed E-state index contributed by atoms with van der Waals surface area (Å²) < 4.78 is 0.